The molecule has 5 nitrogen and oxygen atoms in total. The Kier molecular flexibility index (Phi) is 2.55. The molecule has 2 amide bonds. The highest BCUT2D eigenvalue weighted by Gasteiger charge is 2.21. The van der Waals surface area contributed by atoms with E-state index < -0.39 is 5.91 Å². The number of benzene rings is 1. The first-order valence-corrected chi connectivity index (χ1v) is 6.27. The number of hydrogen-bond donors (Lipinski definition) is 2. The summed E-state index contributed by atoms with van der Waals surface area (Å²) in [6.07, 6.45) is 0. The van der Waals surface area contributed by atoms with Gasteiger partial charge in [-0.2, -0.15) is 0 Å². The summed E-state index contributed by atoms with van der Waals surface area (Å²) in [5.41, 5.74) is 7.30. The molecule has 3 N–H and O–H groups in total. The van der Waals surface area contributed by atoms with Gasteiger partial charge >= 0.3 is 0 Å². The van der Waals surface area contributed by atoms with Crippen molar-refractivity contribution in [3.05, 3.63) is 35.5 Å². The molecule has 0 saturated carbocycles. The number of carbonyl (C=O) groups is 2. The molecule has 2 heterocycles. The number of fused-ring (bicyclic) bond motifs is 3. The minimum absolute atomic E-state index is 0.0684. The first kappa shape index (κ1) is 11.8. The summed E-state index contributed by atoms with van der Waals surface area (Å²) in [7, 11) is 0. The zero-order chi connectivity index (χ0) is 13.6. The fourth-order valence-corrected chi connectivity index (χ4v) is 2.53. The van der Waals surface area contributed by atoms with Crippen molar-refractivity contribution in [1.29, 1.82) is 0 Å². The van der Waals surface area contributed by atoms with Crippen molar-refractivity contribution >= 4 is 22.7 Å². The van der Waals surface area contributed by atoms with E-state index in [1.807, 2.05) is 16.7 Å². The van der Waals surface area contributed by atoms with Crippen LogP contribution in [0.25, 0.3) is 10.9 Å². The van der Waals surface area contributed by atoms with Gasteiger partial charge in [-0.1, -0.05) is 13.0 Å². The molecule has 0 bridgehead atoms. The third-order valence-electron chi connectivity index (χ3n) is 3.53. The Balaban J connectivity index is 2.25. The fraction of sp³-hybridized carbons (Fsp3) is 0.286. The summed E-state index contributed by atoms with van der Waals surface area (Å²) in [6.45, 7) is 3.50. The lowest BCUT2D eigenvalue weighted by Crippen LogP contribution is -2.25. The third-order valence-corrected chi connectivity index (χ3v) is 3.53. The minimum Gasteiger partial charge on any atom is -0.366 e. The lowest BCUT2D eigenvalue weighted by molar-refractivity contribution is 0.0948. The van der Waals surface area contributed by atoms with Crippen molar-refractivity contribution in [2.45, 2.75) is 13.5 Å². The van der Waals surface area contributed by atoms with Gasteiger partial charge in [-0.25, -0.2) is 0 Å². The number of nitrogens with two attached hydrogens (primary N) is 1. The van der Waals surface area contributed by atoms with Gasteiger partial charge in [0.25, 0.3) is 5.91 Å². The number of rotatable bonds is 1. The molecule has 1 aromatic carbocycles. The van der Waals surface area contributed by atoms with Crippen molar-refractivity contribution in [2.75, 3.05) is 6.54 Å². The molecule has 2 aromatic rings. The average Bonchev–Trinajstić information content (AvgIpc) is 2.67. The molecule has 5 heteroatoms. The van der Waals surface area contributed by atoms with Crippen LogP contribution in [0.2, 0.25) is 0 Å². The first-order valence-electron chi connectivity index (χ1n) is 6.27. The van der Waals surface area contributed by atoms with E-state index >= 15 is 0 Å². The Morgan fingerprint density at radius 1 is 1.42 bits per heavy atom. The topological polar surface area (TPSA) is 77.1 Å². The number of aromatic nitrogens is 1. The maximum absolute atomic E-state index is 12.0. The molecule has 1 unspecified atom stereocenters. The second-order valence-electron chi connectivity index (χ2n) is 5.09. The van der Waals surface area contributed by atoms with Crippen LogP contribution in [0.1, 0.15) is 27.8 Å². The van der Waals surface area contributed by atoms with E-state index in [0.29, 0.717) is 23.7 Å². The van der Waals surface area contributed by atoms with E-state index in [4.69, 9.17) is 5.73 Å². The van der Waals surface area contributed by atoms with Gasteiger partial charge < -0.3 is 15.6 Å². The van der Waals surface area contributed by atoms with E-state index in [0.717, 1.165) is 17.4 Å². The van der Waals surface area contributed by atoms with Gasteiger partial charge in [0, 0.05) is 29.6 Å². The van der Waals surface area contributed by atoms with Crippen LogP contribution in [0.5, 0.6) is 0 Å². The SMILES string of the molecule is CC1CNC(=O)c2cc3ccc(C(N)=O)cc3n2C1. The maximum atomic E-state index is 12.0. The van der Waals surface area contributed by atoms with E-state index in [1.54, 1.807) is 12.1 Å². The highest BCUT2D eigenvalue weighted by atomic mass is 16.2. The Labute approximate surface area is 110 Å². The second kappa shape index (κ2) is 4.12. The summed E-state index contributed by atoms with van der Waals surface area (Å²) in [4.78, 5) is 23.3. The highest BCUT2D eigenvalue weighted by molar-refractivity contribution is 6.01. The molecule has 0 fully saturated rings. The average molecular weight is 257 g/mol. The van der Waals surface area contributed by atoms with Crippen molar-refractivity contribution in [3.63, 3.8) is 0 Å². The molecule has 19 heavy (non-hydrogen) atoms. The molecule has 98 valence electrons. The van der Waals surface area contributed by atoms with Gasteiger partial charge in [0.1, 0.15) is 5.69 Å². The molecular formula is C14H15N3O2. The van der Waals surface area contributed by atoms with Crippen LogP contribution in [-0.2, 0) is 6.54 Å². The Morgan fingerprint density at radius 3 is 2.95 bits per heavy atom. The molecular weight excluding hydrogens is 242 g/mol. The van der Waals surface area contributed by atoms with Crippen molar-refractivity contribution in [2.24, 2.45) is 11.7 Å². The van der Waals surface area contributed by atoms with E-state index in [1.165, 1.54) is 0 Å². The van der Waals surface area contributed by atoms with Crippen LogP contribution in [0.4, 0.5) is 0 Å². The summed E-state index contributed by atoms with van der Waals surface area (Å²) >= 11 is 0. The standard InChI is InChI=1S/C14H15N3O2/c1-8-6-16-14(19)12-4-9-2-3-10(13(15)18)5-11(9)17(12)7-8/h2-5,8H,6-7H2,1H3,(H2,15,18)(H,16,19). The molecule has 0 radical (unpaired) electrons. The predicted octanol–water partition coefficient (Wildman–Crippen LogP) is 1.12. The van der Waals surface area contributed by atoms with Crippen LogP contribution in [-0.4, -0.2) is 22.9 Å². The Hall–Kier alpha value is -2.30. The van der Waals surface area contributed by atoms with Crippen molar-refractivity contribution in [3.8, 4) is 0 Å². The normalized spacial score (nSPS) is 18.8. The van der Waals surface area contributed by atoms with Crippen LogP contribution in [0, 0.1) is 5.92 Å². The summed E-state index contributed by atoms with van der Waals surface area (Å²) in [6, 6.07) is 7.13. The lowest BCUT2D eigenvalue weighted by Gasteiger charge is -2.10. The zero-order valence-electron chi connectivity index (χ0n) is 10.6. The molecule has 3 rings (SSSR count). The van der Waals surface area contributed by atoms with Gasteiger partial charge in [-0.3, -0.25) is 9.59 Å². The number of nitrogens with one attached hydrogen (secondary N) is 1. The van der Waals surface area contributed by atoms with Crippen LogP contribution in [0.3, 0.4) is 0 Å². The van der Waals surface area contributed by atoms with Crippen molar-refractivity contribution < 1.29 is 9.59 Å². The monoisotopic (exact) mass is 257 g/mol. The fourth-order valence-electron chi connectivity index (χ4n) is 2.53. The number of nitrogens with zero attached hydrogens (tertiary/aromatic N) is 1. The molecule has 0 aliphatic carbocycles. The zero-order valence-corrected chi connectivity index (χ0v) is 10.6. The number of amides is 2. The third kappa shape index (κ3) is 1.87. The smallest absolute Gasteiger partial charge is 0.267 e. The summed E-state index contributed by atoms with van der Waals surface area (Å²) in [5.74, 6) is -0.178. The van der Waals surface area contributed by atoms with Crippen LogP contribution >= 0.6 is 0 Å². The number of primary amides is 1. The molecule has 1 aromatic heterocycles. The summed E-state index contributed by atoms with van der Waals surface area (Å²) < 4.78 is 1.97. The largest absolute Gasteiger partial charge is 0.366 e. The highest BCUT2D eigenvalue weighted by Crippen LogP contribution is 2.24. The van der Waals surface area contributed by atoms with Gasteiger partial charge in [0.05, 0.1) is 0 Å². The Bertz CT molecular complexity index is 687. The lowest BCUT2D eigenvalue weighted by atomic mass is 10.1. The molecule has 1 aliphatic heterocycles. The first-order chi connectivity index (χ1) is 9.06. The quantitative estimate of drug-likeness (QED) is 0.803. The van der Waals surface area contributed by atoms with E-state index in [2.05, 4.69) is 12.2 Å². The molecule has 0 spiro atoms. The van der Waals surface area contributed by atoms with Crippen LogP contribution < -0.4 is 11.1 Å². The van der Waals surface area contributed by atoms with Crippen LogP contribution in [0.15, 0.2) is 24.3 Å². The minimum atomic E-state index is -0.455. The second-order valence-corrected chi connectivity index (χ2v) is 5.09. The number of hydrogen-bond acceptors (Lipinski definition) is 2. The Morgan fingerprint density at radius 2 is 2.21 bits per heavy atom. The maximum Gasteiger partial charge on any atom is 0.267 e. The number of carbonyl (C=O) groups excluding carboxylic acids is 2. The van der Waals surface area contributed by atoms with Gasteiger partial charge in [0.2, 0.25) is 5.91 Å². The van der Waals surface area contributed by atoms with E-state index in [-0.39, 0.29) is 5.91 Å². The molecule has 1 aliphatic rings. The van der Waals surface area contributed by atoms with E-state index in [9.17, 15) is 9.59 Å². The molecule has 1 atom stereocenters. The van der Waals surface area contributed by atoms with Gasteiger partial charge in [-0.05, 0) is 24.1 Å². The predicted molar refractivity (Wildman–Crippen MR) is 72.0 cm³/mol. The van der Waals surface area contributed by atoms with Crippen molar-refractivity contribution in [1.82, 2.24) is 9.88 Å². The van der Waals surface area contributed by atoms with Gasteiger partial charge in [-0.15, -0.1) is 0 Å². The van der Waals surface area contributed by atoms with Gasteiger partial charge in [0.15, 0.2) is 0 Å². The summed E-state index contributed by atoms with van der Waals surface area (Å²) in [5, 5.41) is 3.85. The molecule has 0 saturated heterocycles.